The number of nitrogens with one attached hydrogen (secondary N) is 1. The average molecular weight is 255 g/mol. The highest BCUT2D eigenvalue weighted by Crippen LogP contribution is 2.21. The number of anilines is 1. The van der Waals surface area contributed by atoms with Gasteiger partial charge in [0.15, 0.2) is 0 Å². The van der Waals surface area contributed by atoms with Crippen molar-refractivity contribution in [2.45, 2.75) is 19.4 Å². The molecule has 96 valence electrons. The molecule has 0 aliphatic rings. The maximum atomic E-state index is 10.9. The third-order valence-electron chi connectivity index (χ3n) is 2.80. The molecule has 0 aliphatic heterocycles. The van der Waals surface area contributed by atoms with E-state index in [9.17, 15) is 4.79 Å². The lowest BCUT2D eigenvalue weighted by Gasteiger charge is -2.13. The minimum absolute atomic E-state index is 0.114. The molecule has 1 heterocycles. The van der Waals surface area contributed by atoms with Gasteiger partial charge in [0.05, 0.1) is 17.1 Å². The number of benzene rings is 1. The van der Waals surface area contributed by atoms with Crippen LogP contribution in [0.4, 0.5) is 5.82 Å². The summed E-state index contributed by atoms with van der Waals surface area (Å²) in [5.41, 5.74) is 0.769. The molecule has 0 saturated heterocycles. The first-order valence-corrected chi connectivity index (χ1v) is 5.86. The Morgan fingerprint density at radius 1 is 1.53 bits per heavy atom. The predicted octanol–water partition coefficient (Wildman–Crippen LogP) is 2.15. The van der Waals surface area contributed by atoms with Gasteiger partial charge in [-0.1, -0.05) is 12.8 Å². The second-order valence-corrected chi connectivity index (χ2v) is 4.03. The topological polar surface area (TPSA) is 75.1 Å². The third kappa shape index (κ3) is 2.63. The molecule has 0 bridgehead atoms. The first-order chi connectivity index (χ1) is 9.15. The fourth-order valence-corrected chi connectivity index (χ4v) is 1.73. The first kappa shape index (κ1) is 12.8. The van der Waals surface area contributed by atoms with Crippen LogP contribution in [-0.4, -0.2) is 27.1 Å². The molecular formula is C14H13N3O2. The van der Waals surface area contributed by atoms with Crippen LogP contribution in [0.1, 0.15) is 23.7 Å². The summed E-state index contributed by atoms with van der Waals surface area (Å²) in [7, 11) is 0. The Balaban J connectivity index is 2.46. The van der Waals surface area contributed by atoms with Crippen molar-refractivity contribution < 1.29 is 9.90 Å². The Morgan fingerprint density at radius 3 is 2.95 bits per heavy atom. The molecule has 2 aromatic rings. The summed E-state index contributed by atoms with van der Waals surface area (Å²) < 4.78 is 0. The highest BCUT2D eigenvalue weighted by Gasteiger charge is 2.10. The standard InChI is InChI=1S/C14H13N3O2/c1-3-10(4-2)17-13-11-6-5-9(14(18)19)7-12(11)15-8-16-13/h1,5-8,10H,4H2,2H3,(H,18,19)(H,15,16,17). The molecule has 19 heavy (non-hydrogen) atoms. The smallest absolute Gasteiger partial charge is 0.335 e. The zero-order valence-corrected chi connectivity index (χ0v) is 10.4. The van der Waals surface area contributed by atoms with Gasteiger partial charge in [-0.2, -0.15) is 0 Å². The monoisotopic (exact) mass is 255 g/mol. The van der Waals surface area contributed by atoms with E-state index in [0.717, 1.165) is 11.8 Å². The van der Waals surface area contributed by atoms with E-state index >= 15 is 0 Å². The van der Waals surface area contributed by atoms with Crippen molar-refractivity contribution in [2.24, 2.45) is 0 Å². The molecule has 5 nitrogen and oxygen atoms in total. The highest BCUT2D eigenvalue weighted by atomic mass is 16.4. The lowest BCUT2D eigenvalue weighted by Crippen LogP contribution is -2.17. The molecule has 1 atom stereocenters. The van der Waals surface area contributed by atoms with Crippen LogP contribution >= 0.6 is 0 Å². The third-order valence-corrected chi connectivity index (χ3v) is 2.80. The Kier molecular flexibility index (Phi) is 3.62. The molecule has 0 aliphatic carbocycles. The number of aromatic nitrogens is 2. The summed E-state index contributed by atoms with van der Waals surface area (Å²) in [5, 5.41) is 12.8. The molecule has 1 unspecified atom stereocenters. The van der Waals surface area contributed by atoms with Crippen molar-refractivity contribution >= 4 is 22.7 Å². The fourth-order valence-electron chi connectivity index (χ4n) is 1.73. The number of nitrogens with zero attached hydrogens (tertiary/aromatic N) is 2. The van der Waals surface area contributed by atoms with Crippen LogP contribution in [0.25, 0.3) is 10.9 Å². The van der Waals surface area contributed by atoms with Gasteiger partial charge < -0.3 is 10.4 Å². The van der Waals surface area contributed by atoms with Gasteiger partial charge in [-0.05, 0) is 24.6 Å². The number of terminal acetylenes is 1. The number of aromatic carboxylic acids is 1. The molecule has 0 amide bonds. The molecule has 1 aromatic carbocycles. The molecule has 2 rings (SSSR count). The van der Waals surface area contributed by atoms with Crippen molar-refractivity contribution in [1.82, 2.24) is 9.97 Å². The van der Waals surface area contributed by atoms with E-state index in [0.29, 0.717) is 11.3 Å². The Hall–Kier alpha value is -2.61. The summed E-state index contributed by atoms with van der Waals surface area (Å²) >= 11 is 0. The summed E-state index contributed by atoms with van der Waals surface area (Å²) in [6.45, 7) is 1.98. The van der Waals surface area contributed by atoms with E-state index in [2.05, 4.69) is 21.2 Å². The summed E-state index contributed by atoms with van der Waals surface area (Å²) in [5.74, 6) is 2.26. The van der Waals surface area contributed by atoms with E-state index in [-0.39, 0.29) is 11.6 Å². The number of carboxylic acid groups (broad SMARTS) is 1. The van der Waals surface area contributed by atoms with E-state index in [4.69, 9.17) is 11.5 Å². The Morgan fingerprint density at radius 2 is 2.32 bits per heavy atom. The largest absolute Gasteiger partial charge is 0.478 e. The van der Waals surface area contributed by atoms with E-state index < -0.39 is 5.97 Å². The first-order valence-electron chi connectivity index (χ1n) is 5.86. The van der Waals surface area contributed by atoms with Crippen molar-refractivity contribution in [3.63, 3.8) is 0 Å². The van der Waals surface area contributed by atoms with Crippen LogP contribution in [-0.2, 0) is 0 Å². The van der Waals surface area contributed by atoms with Gasteiger partial charge in [-0.25, -0.2) is 14.8 Å². The molecule has 1 aromatic heterocycles. The molecule has 5 heteroatoms. The zero-order valence-electron chi connectivity index (χ0n) is 10.4. The quantitative estimate of drug-likeness (QED) is 0.819. The van der Waals surface area contributed by atoms with Crippen molar-refractivity contribution in [3.8, 4) is 12.3 Å². The minimum Gasteiger partial charge on any atom is -0.478 e. The molecule has 2 N–H and O–H groups in total. The molecular weight excluding hydrogens is 242 g/mol. The van der Waals surface area contributed by atoms with Gasteiger partial charge in [0.1, 0.15) is 12.1 Å². The van der Waals surface area contributed by atoms with Crippen LogP contribution in [0.3, 0.4) is 0 Å². The minimum atomic E-state index is -0.981. The van der Waals surface area contributed by atoms with E-state index in [1.165, 1.54) is 18.5 Å². The number of hydrogen-bond donors (Lipinski definition) is 2. The van der Waals surface area contributed by atoms with E-state index in [1.54, 1.807) is 6.07 Å². The number of rotatable bonds is 4. The van der Waals surface area contributed by atoms with Crippen LogP contribution < -0.4 is 5.32 Å². The SMILES string of the molecule is C#CC(CC)Nc1ncnc2cc(C(=O)O)ccc12. The lowest BCUT2D eigenvalue weighted by atomic mass is 10.1. The number of carboxylic acids is 1. The Bertz CT molecular complexity index is 661. The maximum Gasteiger partial charge on any atom is 0.335 e. The van der Waals surface area contributed by atoms with Gasteiger partial charge in [-0.3, -0.25) is 0 Å². The highest BCUT2D eigenvalue weighted by molar-refractivity contribution is 5.96. The van der Waals surface area contributed by atoms with Crippen LogP contribution in [0.2, 0.25) is 0 Å². The fraction of sp³-hybridized carbons (Fsp3) is 0.214. The number of hydrogen-bond acceptors (Lipinski definition) is 4. The maximum absolute atomic E-state index is 10.9. The molecule has 0 fully saturated rings. The van der Waals surface area contributed by atoms with Crippen molar-refractivity contribution in [2.75, 3.05) is 5.32 Å². The van der Waals surface area contributed by atoms with Crippen molar-refractivity contribution in [1.29, 1.82) is 0 Å². The van der Waals surface area contributed by atoms with Crippen LogP contribution in [0, 0.1) is 12.3 Å². The van der Waals surface area contributed by atoms with Gasteiger partial charge in [0, 0.05) is 5.39 Å². The molecule has 0 saturated carbocycles. The number of fused-ring (bicyclic) bond motifs is 1. The second-order valence-electron chi connectivity index (χ2n) is 4.03. The lowest BCUT2D eigenvalue weighted by molar-refractivity contribution is 0.0697. The normalized spacial score (nSPS) is 11.8. The van der Waals surface area contributed by atoms with E-state index in [1.807, 2.05) is 6.92 Å². The summed E-state index contributed by atoms with van der Waals surface area (Å²) in [6, 6.07) is 4.61. The van der Waals surface area contributed by atoms with Gasteiger partial charge in [0.2, 0.25) is 0 Å². The number of carbonyl (C=O) groups is 1. The average Bonchev–Trinajstić information content (AvgIpc) is 2.44. The van der Waals surface area contributed by atoms with Crippen LogP contribution in [0.15, 0.2) is 24.5 Å². The Labute approximate surface area is 110 Å². The van der Waals surface area contributed by atoms with Crippen LogP contribution in [0.5, 0.6) is 0 Å². The summed E-state index contributed by atoms with van der Waals surface area (Å²) in [4.78, 5) is 19.1. The summed E-state index contributed by atoms with van der Waals surface area (Å²) in [6.07, 6.45) is 7.57. The molecule has 0 radical (unpaired) electrons. The van der Waals surface area contributed by atoms with Gasteiger partial charge in [0.25, 0.3) is 0 Å². The predicted molar refractivity (Wildman–Crippen MR) is 73.0 cm³/mol. The van der Waals surface area contributed by atoms with Crippen molar-refractivity contribution in [3.05, 3.63) is 30.1 Å². The zero-order chi connectivity index (χ0) is 13.8. The van der Waals surface area contributed by atoms with Gasteiger partial charge in [-0.15, -0.1) is 6.42 Å². The second kappa shape index (κ2) is 5.36. The molecule has 0 spiro atoms. The van der Waals surface area contributed by atoms with Gasteiger partial charge >= 0.3 is 5.97 Å².